The Balaban J connectivity index is 1.92. The van der Waals surface area contributed by atoms with Gasteiger partial charge < -0.3 is 11.1 Å². The summed E-state index contributed by atoms with van der Waals surface area (Å²) in [5.74, 6) is 0.513. The highest BCUT2D eigenvalue weighted by molar-refractivity contribution is 7.11. The molecule has 1 saturated carbocycles. The van der Waals surface area contributed by atoms with Crippen LogP contribution in [-0.2, 0) is 0 Å². The van der Waals surface area contributed by atoms with Crippen molar-refractivity contribution in [2.75, 3.05) is 6.54 Å². The van der Waals surface area contributed by atoms with Gasteiger partial charge in [0.25, 0.3) is 5.91 Å². The molecule has 2 rings (SSSR count). The number of carbonyl (C=O) groups excluding carboxylic acids is 1. The van der Waals surface area contributed by atoms with E-state index in [4.69, 9.17) is 5.73 Å². The van der Waals surface area contributed by atoms with Crippen molar-refractivity contribution < 1.29 is 4.79 Å². The molecule has 1 amide bonds. The Bertz CT molecular complexity index is 347. The Kier molecular flexibility index (Phi) is 4.50. The van der Waals surface area contributed by atoms with Crippen molar-refractivity contribution in [2.24, 2.45) is 11.7 Å². The number of carbonyl (C=O) groups is 1. The van der Waals surface area contributed by atoms with Crippen LogP contribution in [0, 0.1) is 5.92 Å². The first-order valence-corrected chi connectivity index (χ1v) is 7.08. The van der Waals surface area contributed by atoms with E-state index in [0.29, 0.717) is 17.3 Å². The number of aromatic nitrogens is 1. The summed E-state index contributed by atoms with van der Waals surface area (Å²) in [6, 6.07) is 0.116. The molecule has 0 radical (unpaired) electrons. The zero-order valence-electron chi connectivity index (χ0n) is 9.89. The maximum absolute atomic E-state index is 11.9. The summed E-state index contributed by atoms with van der Waals surface area (Å²) >= 11 is 1.37. The van der Waals surface area contributed by atoms with Crippen molar-refractivity contribution in [3.8, 4) is 0 Å². The molecular weight excluding hydrogens is 234 g/mol. The molecule has 0 aliphatic heterocycles. The monoisotopic (exact) mass is 253 g/mol. The van der Waals surface area contributed by atoms with Gasteiger partial charge in [0.15, 0.2) is 0 Å². The third-order valence-electron chi connectivity index (χ3n) is 3.45. The van der Waals surface area contributed by atoms with Crippen LogP contribution in [0.25, 0.3) is 0 Å². The highest BCUT2D eigenvalue weighted by Gasteiger charge is 2.24. The summed E-state index contributed by atoms with van der Waals surface area (Å²) in [6.45, 7) is 0.523. The van der Waals surface area contributed by atoms with Gasteiger partial charge in [0.05, 0.1) is 11.7 Å². The van der Waals surface area contributed by atoms with Crippen LogP contribution < -0.4 is 11.1 Å². The van der Waals surface area contributed by atoms with Crippen LogP contribution in [0.2, 0.25) is 0 Å². The molecule has 1 unspecified atom stereocenters. The number of amides is 1. The fraction of sp³-hybridized carbons (Fsp3) is 0.667. The van der Waals surface area contributed by atoms with Gasteiger partial charge in [-0.2, -0.15) is 0 Å². The molecule has 1 fully saturated rings. The highest BCUT2D eigenvalue weighted by Crippen LogP contribution is 2.26. The first-order chi connectivity index (χ1) is 8.31. The third-order valence-corrected chi connectivity index (χ3v) is 4.22. The van der Waals surface area contributed by atoms with E-state index in [9.17, 15) is 4.79 Å². The highest BCUT2D eigenvalue weighted by atomic mass is 32.1. The molecule has 17 heavy (non-hydrogen) atoms. The third kappa shape index (κ3) is 3.26. The van der Waals surface area contributed by atoms with Crippen molar-refractivity contribution >= 4 is 17.2 Å². The summed E-state index contributed by atoms with van der Waals surface area (Å²) < 4.78 is 0. The molecule has 1 aliphatic carbocycles. The number of thiazole rings is 1. The summed E-state index contributed by atoms with van der Waals surface area (Å²) in [5, 5.41) is 3.05. The van der Waals surface area contributed by atoms with Crippen molar-refractivity contribution in [1.82, 2.24) is 10.3 Å². The summed E-state index contributed by atoms with van der Waals surface area (Å²) in [6.07, 6.45) is 7.82. The number of hydrogen-bond acceptors (Lipinski definition) is 4. The number of rotatable bonds is 4. The lowest BCUT2D eigenvalue weighted by Gasteiger charge is -2.29. The van der Waals surface area contributed by atoms with Crippen LogP contribution in [0.4, 0.5) is 0 Å². The molecule has 1 atom stereocenters. The molecule has 0 spiro atoms. The SMILES string of the molecule is NCC(NC(=O)c1cncs1)C1CCCCC1. The second-order valence-corrected chi connectivity index (χ2v) is 5.47. The van der Waals surface area contributed by atoms with E-state index in [1.807, 2.05) is 0 Å². The van der Waals surface area contributed by atoms with Gasteiger partial charge in [0.1, 0.15) is 4.88 Å². The molecule has 3 N–H and O–H groups in total. The van der Waals surface area contributed by atoms with Gasteiger partial charge in [0, 0.05) is 12.6 Å². The van der Waals surface area contributed by atoms with Gasteiger partial charge in [-0.05, 0) is 18.8 Å². The molecule has 94 valence electrons. The largest absolute Gasteiger partial charge is 0.347 e. The Hall–Kier alpha value is -0.940. The number of nitrogens with one attached hydrogen (secondary N) is 1. The predicted molar refractivity (Wildman–Crippen MR) is 69.0 cm³/mol. The van der Waals surface area contributed by atoms with Crippen LogP contribution in [0.3, 0.4) is 0 Å². The zero-order valence-corrected chi connectivity index (χ0v) is 10.7. The van der Waals surface area contributed by atoms with Gasteiger partial charge >= 0.3 is 0 Å². The average Bonchev–Trinajstić information content (AvgIpc) is 2.90. The van der Waals surface area contributed by atoms with Crippen molar-refractivity contribution in [3.05, 3.63) is 16.6 Å². The van der Waals surface area contributed by atoms with E-state index in [1.165, 1.54) is 43.4 Å². The minimum Gasteiger partial charge on any atom is -0.347 e. The van der Waals surface area contributed by atoms with Crippen LogP contribution in [-0.4, -0.2) is 23.5 Å². The maximum Gasteiger partial charge on any atom is 0.263 e. The van der Waals surface area contributed by atoms with Gasteiger partial charge in [-0.1, -0.05) is 19.3 Å². The normalized spacial score (nSPS) is 18.9. The summed E-state index contributed by atoms with van der Waals surface area (Å²) in [4.78, 5) is 16.5. The van der Waals surface area contributed by atoms with Gasteiger partial charge in [-0.3, -0.25) is 9.78 Å². The molecule has 4 nitrogen and oxygen atoms in total. The maximum atomic E-state index is 11.9. The Morgan fingerprint density at radius 3 is 2.88 bits per heavy atom. The lowest BCUT2D eigenvalue weighted by Crippen LogP contribution is -2.45. The van der Waals surface area contributed by atoms with Crippen LogP contribution in [0.15, 0.2) is 11.7 Å². The smallest absolute Gasteiger partial charge is 0.263 e. The molecule has 1 aromatic heterocycles. The standard InChI is InChI=1S/C12H19N3OS/c13-6-10(9-4-2-1-3-5-9)15-12(16)11-7-14-8-17-11/h7-10H,1-6,13H2,(H,15,16). The van der Waals surface area contributed by atoms with E-state index >= 15 is 0 Å². The number of nitrogens with two attached hydrogens (primary N) is 1. The van der Waals surface area contributed by atoms with Gasteiger partial charge in [0.2, 0.25) is 0 Å². The molecule has 5 heteroatoms. The molecule has 0 bridgehead atoms. The first-order valence-electron chi connectivity index (χ1n) is 6.20. The Morgan fingerprint density at radius 1 is 1.53 bits per heavy atom. The van der Waals surface area contributed by atoms with Crippen molar-refractivity contribution in [3.63, 3.8) is 0 Å². The van der Waals surface area contributed by atoms with Crippen LogP contribution in [0.5, 0.6) is 0 Å². The van der Waals surface area contributed by atoms with E-state index in [1.54, 1.807) is 11.7 Å². The first kappa shape index (κ1) is 12.5. The van der Waals surface area contributed by atoms with E-state index in [-0.39, 0.29) is 11.9 Å². The molecular formula is C12H19N3OS. The lowest BCUT2D eigenvalue weighted by molar-refractivity contribution is 0.0919. The molecule has 1 aliphatic rings. The Labute approximate surface area is 106 Å². The van der Waals surface area contributed by atoms with Crippen LogP contribution in [0.1, 0.15) is 41.8 Å². The Morgan fingerprint density at radius 2 is 2.29 bits per heavy atom. The fourth-order valence-corrected chi connectivity index (χ4v) is 3.00. The molecule has 0 aromatic carbocycles. The molecule has 1 heterocycles. The predicted octanol–water partition coefficient (Wildman–Crippen LogP) is 1.78. The van der Waals surface area contributed by atoms with Gasteiger partial charge in [-0.25, -0.2) is 0 Å². The molecule has 0 saturated heterocycles. The molecule has 1 aromatic rings. The quantitative estimate of drug-likeness (QED) is 0.859. The minimum absolute atomic E-state index is 0.0338. The fourth-order valence-electron chi connectivity index (χ4n) is 2.47. The van der Waals surface area contributed by atoms with Crippen molar-refractivity contribution in [2.45, 2.75) is 38.1 Å². The van der Waals surface area contributed by atoms with Gasteiger partial charge in [-0.15, -0.1) is 11.3 Å². The number of nitrogens with zero attached hydrogens (tertiary/aromatic N) is 1. The zero-order chi connectivity index (χ0) is 12.1. The summed E-state index contributed by atoms with van der Waals surface area (Å²) in [5.41, 5.74) is 7.45. The van der Waals surface area contributed by atoms with E-state index in [0.717, 1.165) is 0 Å². The number of hydrogen-bond donors (Lipinski definition) is 2. The average molecular weight is 253 g/mol. The lowest BCUT2D eigenvalue weighted by atomic mass is 9.84. The second-order valence-electron chi connectivity index (χ2n) is 4.58. The second kappa shape index (κ2) is 6.12. The minimum atomic E-state index is -0.0338. The van der Waals surface area contributed by atoms with Crippen LogP contribution >= 0.6 is 11.3 Å². The summed E-state index contributed by atoms with van der Waals surface area (Å²) in [7, 11) is 0. The van der Waals surface area contributed by atoms with E-state index < -0.39 is 0 Å². The van der Waals surface area contributed by atoms with E-state index in [2.05, 4.69) is 10.3 Å². The topological polar surface area (TPSA) is 68.0 Å². The van der Waals surface area contributed by atoms with Crippen molar-refractivity contribution in [1.29, 1.82) is 0 Å².